The van der Waals surface area contributed by atoms with E-state index in [-0.39, 0.29) is 25.0 Å². The van der Waals surface area contributed by atoms with E-state index in [4.69, 9.17) is 4.74 Å². The topological polar surface area (TPSA) is 87.7 Å². The number of amides is 3. The van der Waals surface area contributed by atoms with Crippen LogP contribution in [0.5, 0.6) is 5.75 Å². The molecule has 1 atom stereocenters. The first-order valence-corrected chi connectivity index (χ1v) is 12.6. The Morgan fingerprint density at radius 2 is 1.74 bits per heavy atom. The molecule has 1 N–H and O–H groups in total. The van der Waals surface area contributed by atoms with Gasteiger partial charge in [0, 0.05) is 48.9 Å². The zero-order valence-electron chi connectivity index (χ0n) is 20.8. The number of nitrogens with one attached hydrogen (secondary N) is 1. The van der Waals surface area contributed by atoms with Gasteiger partial charge in [-0.05, 0) is 35.4 Å². The summed E-state index contributed by atoms with van der Waals surface area (Å²) in [6, 6.07) is 24.6. The number of carbonyl (C=O) groups excluding carboxylic acids is 2. The number of carbonyl (C=O) groups is 2. The van der Waals surface area contributed by atoms with E-state index >= 15 is 0 Å². The molecule has 38 heavy (non-hydrogen) atoms. The van der Waals surface area contributed by atoms with E-state index in [1.54, 1.807) is 23.5 Å². The molecule has 1 unspecified atom stereocenters. The molecule has 0 saturated carbocycles. The van der Waals surface area contributed by atoms with Crippen molar-refractivity contribution < 1.29 is 14.3 Å². The monoisotopic (exact) mass is 505 g/mol. The Morgan fingerprint density at radius 3 is 2.53 bits per heavy atom. The predicted octanol–water partition coefficient (Wildman–Crippen LogP) is 4.73. The molecule has 8 nitrogen and oxygen atoms in total. The van der Waals surface area contributed by atoms with Crippen molar-refractivity contribution in [3.8, 4) is 5.75 Å². The summed E-state index contributed by atoms with van der Waals surface area (Å²) in [4.78, 5) is 39.7. The Morgan fingerprint density at radius 1 is 0.895 bits per heavy atom. The predicted molar refractivity (Wildman–Crippen MR) is 142 cm³/mol. The molecule has 0 bridgehead atoms. The molecule has 0 radical (unpaired) electrons. The Kier molecular flexibility index (Phi) is 6.21. The summed E-state index contributed by atoms with van der Waals surface area (Å²) in [5.41, 5.74) is 3.00. The summed E-state index contributed by atoms with van der Waals surface area (Å²) in [5, 5.41) is 3.42. The Balaban J connectivity index is 1.37. The standard InChI is InChI=1S/C30H27N5O3/c36-28-30(13-16-33-27-17-25(11-12-26(27)30)38-21-22-7-2-1-3-8-22)35(19-23-9-6-14-31-18-23)29(37)34(28)20-24-10-4-5-15-32-24/h1-12,14-15,17-18,33H,13,16,19-21H2. The van der Waals surface area contributed by atoms with Crippen molar-refractivity contribution in [2.45, 2.75) is 31.7 Å². The van der Waals surface area contributed by atoms with Gasteiger partial charge < -0.3 is 15.0 Å². The maximum absolute atomic E-state index is 14.2. The van der Waals surface area contributed by atoms with Gasteiger partial charge in [-0.3, -0.25) is 19.7 Å². The summed E-state index contributed by atoms with van der Waals surface area (Å²) < 4.78 is 6.05. The molecule has 4 aromatic rings. The van der Waals surface area contributed by atoms with Crippen LogP contribution in [0.1, 0.15) is 28.8 Å². The second-order valence-corrected chi connectivity index (χ2v) is 9.46. The van der Waals surface area contributed by atoms with E-state index in [9.17, 15) is 9.59 Å². The van der Waals surface area contributed by atoms with Crippen molar-refractivity contribution in [2.75, 3.05) is 11.9 Å². The van der Waals surface area contributed by atoms with E-state index in [2.05, 4.69) is 15.3 Å². The average Bonchev–Trinajstić information content (AvgIpc) is 3.15. The van der Waals surface area contributed by atoms with E-state index in [0.29, 0.717) is 31.0 Å². The molecule has 1 saturated heterocycles. The second-order valence-electron chi connectivity index (χ2n) is 9.46. The smallest absolute Gasteiger partial charge is 0.328 e. The maximum Gasteiger partial charge on any atom is 0.328 e. The van der Waals surface area contributed by atoms with Crippen LogP contribution < -0.4 is 10.1 Å². The van der Waals surface area contributed by atoms with E-state index in [1.165, 1.54) is 4.90 Å². The molecule has 4 heterocycles. The molecule has 0 aliphatic carbocycles. The van der Waals surface area contributed by atoms with E-state index in [0.717, 1.165) is 22.4 Å². The molecule has 6 rings (SSSR count). The first-order chi connectivity index (χ1) is 18.6. The van der Waals surface area contributed by atoms with Crippen molar-refractivity contribution in [1.29, 1.82) is 0 Å². The number of aromatic nitrogens is 2. The van der Waals surface area contributed by atoms with Gasteiger partial charge in [-0.1, -0.05) is 48.5 Å². The molecule has 2 aliphatic rings. The minimum atomic E-state index is -1.14. The van der Waals surface area contributed by atoms with Crippen LogP contribution in [0.2, 0.25) is 0 Å². The van der Waals surface area contributed by atoms with E-state index < -0.39 is 5.54 Å². The fourth-order valence-electron chi connectivity index (χ4n) is 5.28. The number of hydrogen-bond donors (Lipinski definition) is 1. The van der Waals surface area contributed by atoms with Crippen molar-refractivity contribution in [1.82, 2.24) is 19.8 Å². The lowest BCUT2D eigenvalue weighted by atomic mass is 9.81. The number of pyridine rings is 2. The molecule has 2 aliphatic heterocycles. The third kappa shape index (κ3) is 4.24. The van der Waals surface area contributed by atoms with Gasteiger partial charge in [0.15, 0.2) is 5.54 Å². The van der Waals surface area contributed by atoms with Gasteiger partial charge in [0.25, 0.3) is 5.91 Å². The van der Waals surface area contributed by atoms with Crippen molar-refractivity contribution in [3.63, 3.8) is 0 Å². The van der Waals surface area contributed by atoms with Crippen LogP contribution in [-0.2, 0) is 30.0 Å². The summed E-state index contributed by atoms with van der Waals surface area (Å²) in [7, 11) is 0. The van der Waals surface area contributed by atoms with Crippen LogP contribution in [-0.4, -0.2) is 38.3 Å². The van der Waals surface area contributed by atoms with Crippen molar-refractivity contribution >= 4 is 17.6 Å². The van der Waals surface area contributed by atoms with Crippen molar-refractivity contribution in [2.24, 2.45) is 0 Å². The summed E-state index contributed by atoms with van der Waals surface area (Å²) in [5.74, 6) is 0.454. The first kappa shape index (κ1) is 23.7. The van der Waals surface area contributed by atoms with Crippen LogP contribution >= 0.6 is 0 Å². The lowest BCUT2D eigenvalue weighted by Crippen LogP contribution is -2.50. The second kappa shape index (κ2) is 9.97. The minimum Gasteiger partial charge on any atom is -0.489 e. The molecule has 1 spiro atoms. The summed E-state index contributed by atoms with van der Waals surface area (Å²) in [6.07, 6.45) is 5.55. The number of nitrogens with zero attached hydrogens (tertiary/aromatic N) is 4. The number of urea groups is 1. The molecule has 2 aromatic carbocycles. The minimum absolute atomic E-state index is 0.116. The third-order valence-electron chi connectivity index (χ3n) is 7.12. The highest BCUT2D eigenvalue weighted by atomic mass is 16.5. The maximum atomic E-state index is 14.2. The third-order valence-corrected chi connectivity index (χ3v) is 7.12. The van der Waals surface area contributed by atoms with Gasteiger partial charge >= 0.3 is 6.03 Å². The molecule has 190 valence electrons. The highest BCUT2D eigenvalue weighted by molar-refractivity contribution is 6.08. The zero-order valence-corrected chi connectivity index (χ0v) is 20.8. The normalized spacial score (nSPS) is 18.4. The van der Waals surface area contributed by atoms with Gasteiger partial charge in [-0.2, -0.15) is 0 Å². The van der Waals surface area contributed by atoms with Gasteiger partial charge in [-0.15, -0.1) is 0 Å². The number of fused-ring (bicyclic) bond motifs is 2. The van der Waals surface area contributed by atoms with Crippen LogP contribution in [0.15, 0.2) is 97.5 Å². The summed E-state index contributed by atoms with van der Waals surface area (Å²) in [6.45, 7) is 1.36. The Hall–Kier alpha value is -4.72. The highest BCUT2D eigenvalue weighted by Crippen LogP contribution is 2.47. The average molecular weight is 506 g/mol. The largest absolute Gasteiger partial charge is 0.489 e. The summed E-state index contributed by atoms with van der Waals surface area (Å²) >= 11 is 0. The molecular formula is C30H27N5O3. The van der Waals surface area contributed by atoms with E-state index in [1.807, 2.05) is 78.9 Å². The number of ether oxygens (including phenoxy) is 1. The molecule has 2 aromatic heterocycles. The number of hydrogen-bond acceptors (Lipinski definition) is 6. The Bertz CT molecular complexity index is 1450. The number of rotatable bonds is 7. The number of anilines is 1. The Labute approximate surface area is 220 Å². The molecular weight excluding hydrogens is 478 g/mol. The quantitative estimate of drug-likeness (QED) is 0.366. The SMILES string of the molecule is O=C1N(Cc2ccccn2)C(=O)C2(CCNc3cc(OCc4ccccc4)ccc32)N1Cc1cccnc1. The molecule has 1 fully saturated rings. The van der Waals surface area contributed by atoms with Crippen LogP contribution in [0.25, 0.3) is 0 Å². The highest BCUT2D eigenvalue weighted by Gasteiger charge is 2.59. The number of imide groups is 1. The lowest BCUT2D eigenvalue weighted by molar-refractivity contribution is -0.134. The van der Waals surface area contributed by atoms with Crippen LogP contribution in [0, 0.1) is 0 Å². The van der Waals surface area contributed by atoms with Gasteiger partial charge in [0.2, 0.25) is 0 Å². The van der Waals surface area contributed by atoms with Gasteiger partial charge in [-0.25, -0.2) is 4.79 Å². The van der Waals surface area contributed by atoms with Crippen LogP contribution in [0.4, 0.5) is 10.5 Å². The fraction of sp³-hybridized carbons (Fsp3) is 0.200. The van der Waals surface area contributed by atoms with Crippen LogP contribution in [0.3, 0.4) is 0 Å². The van der Waals surface area contributed by atoms with Gasteiger partial charge in [0.05, 0.1) is 18.8 Å². The molecule has 8 heteroatoms. The zero-order chi connectivity index (χ0) is 26.0. The number of benzene rings is 2. The van der Waals surface area contributed by atoms with Gasteiger partial charge in [0.1, 0.15) is 12.4 Å². The van der Waals surface area contributed by atoms with Crippen molar-refractivity contribution in [3.05, 3.63) is 120 Å². The lowest BCUT2D eigenvalue weighted by Gasteiger charge is -2.40. The molecule has 3 amide bonds. The fourth-order valence-corrected chi connectivity index (χ4v) is 5.28. The first-order valence-electron chi connectivity index (χ1n) is 12.6.